The molecule has 19 heavy (non-hydrogen) atoms. The third-order valence-electron chi connectivity index (χ3n) is 3.64. The van der Waals surface area contributed by atoms with Gasteiger partial charge in [0.05, 0.1) is 4.87 Å². The van der Waals surface area contributed by atoms with E-state index in [2.05, 4.69) is 0 Å². The maximum absolute atomic E-state index is 9.34. The Labute approximate surface area is 118 Å². The van der Waals surface area contributed by atoms with Crippen molar-refractivity contribution < 1.29 is 10.2 Å². The zero-order valence-electron chi connectivity index (χ0n) is 11.0. The van der Waals surface area contributed by atoms with Gasteiger partial charge in [-0.15, -0.1) is 11.6 Å². The minimum atomic E-state index is -0.579. The molecular formula is C16H17ClO2. The molecule has 0 aromatic heterocycles. The van der Waals surface area contributed by atoms with Crippen LogP contribution in [-0.2, 0) is 4.87 Å². The van der Waals surface area contributed by atoms with Crippen molar-refractivity contribution in [3.8, 4) is 11.5 Å². The summed E-state index contributed by atoms with van der Waals surface area (Å²) in [6.07, 6.45) is 0. The van der Waals surface area contributed by atoms with E-state index in [0.29, 0.717) is 0 Å². The highest BCUT2D eigenvalue weighted by Gasteiger charge is 2.31. The molecule has 0 saturated carbocycles. The summed E-state index contributed by atoms with van der Waals surface area (Å²) in [4.78, 5) is -0.579. The number of rotatable bonds is 3. The predicted octanol–water partition coefficient (Wildman–Crippen LogP) is 4.36. The molecule has 0 fully saturated rings. The molecule has 0 aliphatic rings. The van der Waals surface area contributed by atoms with Crippen LogP contribution in [0, 0.1) is 0 Å². The van der Waals surface area contributed by atoms with Gasteiger partial charge in [0.15, 0.2) is 0 Å². The molecule has 2 aromatic carbocycles. The second-order valence-corrected chi connectivity index (χ2v) is 5.72. The molecule has 2 rings (SSSR count). The Kier molecular flexibility index (Phi) is 3.72. The Morgan fingerprint density at radius 1 is 0.895 bits per heavy atom. The Bertz CT molecular complexity index is 544. The molecule has 0 aliphatic carbocycles. The number of hydrogen-bond donors (Lipinski definition) is 2. The van der Waals surface area contributed by atoms with Crippen LogP contribution in [0.25, 0.3) is 0 Å². The average molecular weight is 277 g/mol. The van der Waals surface area contributed by atoms with Crippen molar-refractivity contribution in [2.75, 3.05) is 0 Å². The molecule has 0 spiro atoms. The van der Waals surface area contributed by atoms with Crippen LogP contribution >= 0.6 is 11.6 Å². The molecule has 2 unspecified atom stereocenters. The van der Waals surface area contributed by atoms with Gasteiger partial charge in [0, 0.05) is 5.92 Å². The fraction of sp³-hybridized carbons (Fsp3) is 0.250. The van der Waals surface area contributed by atoms with E-state index in [1.807, 2.05) is 38.1 Å². The lowest BCUT2D eigenvalue weighted by atomic mass is 9.83. The maximum atomic E-state index is 9.34. The van der Waals surface area contributed by atoms with Crippen LogP contribution in [0.4, 0.5) is 0 Å². The number of benzene rings is 2. The van der Waals surface area contributed by atoms with E-state index in [1.54, 1.807) is 24.3 Å². The van der Waals surface area contributed by atoms with Gasteiger partial charge >= 0.3 is 0 Å². The lowest BCUT2D eigenvalue weighted by molar-refractivity contribution is 0.472. The Balaban J connectivity index is 2.32. The molecular weight excluding hydrogens is 260 g/mol. The Morgan fingerprint density at radius 3 is 1.79 bits per heavy atom. The van der Waals surface area contributed by atoms with Crippen molar-refractivity contribution in [3.05, 3.63) is 59.7 Å². The van der Waals surface area contributed by atoms with Crippen molar-refractivity contribution in [1.82, 2.24) is 0 Å². The lowest BCUT2D eigenvalue weighted by Crippen LogP contribution is -2.21. The highest BCUT2D eigenvalue weighted by Crippen LogP contribution is 2.42. The van der Waals surface area contributed by atoms with E-state index in [0.717, 1.165) is 11.1 Å². The van der Waals surface area contributed by atoms with Gasteiger partial charge in [0.2, 0.25) is 0 Å². The smallest absolute Gasteiger partial charge is 0.115 e. The van der Waals surface area contributed by atoms with Crippen molar-refractivity contribution in [3.63, 3.8) is 0 Å². The highest BCUT2D eigenvalue weighted by molar-refractivity contribution is 6.24. The summed E-state index contributed by atoms with van der Waals surface area (Å²) < 4.78 is 0. The molecule has 2 atom stereocenters. The predicted molar refractivity (Wildman–Crippen MR) is 77.8 cm³/mol. The fourth-order valence-electron chi connectivity index (χ4n) is 2.11. The number of aromatic hydroxyl groups is 2. The van der Waals surface area contributed by atoms with E-state index >= 15 is 0 Å². The van der Waals surface area contributed by atoms with Crippen LogP contribution in [0.5, 0.6) is 11.5 Å². The summed E-state index contributed by atoms with van der Waals surface area (Å²) in [6, 6.07) is 14.0. The van der Waals surface area contributed by atoms with Gasteiger partial charge in [-0.05, 0) is 42.3 Å². The molecule has 2 nitrogen and oxygen atoms in total. The van der Waals surface area contributed by atoms with E-state index in [1.165, 1.54) is 0 Å². The number of alkyl halides is 1. The van der Waals surface area contributed by atoms with Crippen LogP contribution < -0.4 is 0 Å². The molecule has 0 aliphatic heterocycles. The van der Waals surface area contributed by atoms with Crippen LogP contribution in [0.2, 0.25) is 0 Å². The topological polar surface area (TPSA) is 40.5 Å². The quantitative estimate of drug-likeness (QED) is 0.818. The van der Waals surface area contributed by atoms with Crippen molar-refractivity contribution in [1.29, 1.82) is 0 Å². The molecule has 100 valence electrons. The van der Waals surface area contributed by atoms with Crippen molar-refractivity contribution >= 4 is 11.6 Å². The van der Waals surface area contributed by atoms with Gasteiger partial charge in [-0.3, -0.25) is 0 Å². The van der Waals surface area contributed by atoms with E-state index in [9.17, 15) is 10.2 Å². The molecule has 0 amide bonds. The standard InChI is InChI=1S/C16H17ClO2/c1-11(12-3-7-14(18)8-4-12)16(2,17)13-5-9-15(19)10-6-13/h3-11,18-19H,1-2H3. The molecule has 2 N–H and O–H groups in total. The van der Waals surface area contributed by atoms with Gasteiger partial charge < -0.3 is 10.2 Å². The summed E-state index contributed by atoms with van der Waals surface area (Å²) in [5.74, 6) is 0.546. The number of hydrogen-bond acceptors (Lipinski definition) is 2. The summed E-state index contributed by atoms with van der Waals surface area (Å²) in [7, 11) is 0. The molecule has 0 radical (unpaired) electrons. The van der Waals surface area contributed by atoms with Gasteiger partial charge in [0.1, 0.15) is 11.5 Å². The summed E-state index contributed by atoms with van der Waals surface area (Å²) in [5, 5.41) is 18.7. The summed E-state index contributed by atoms with van der Waals surface area (Å²) in [6.45, 7) is 4.00. The zero-order chi connectivity index (χ0) is 14.0. The molecule has 0 heterocycles. The lowest BCUT2D eigenvalue weighted by Gasteiger charge is -2.30. The van der Waals surface area contributed by atoms with E-state index in [-0.39, 0.29) is 17.4 Å². The van der Waals surface area contributed by atoms with Crippen LogP contribution in [-0.4, -0.2) is 10.2 Å². The maximum Gasteiger partial charge on any atom is 0.115 e. The zero-order valence-corrected chi connectivity index (χ0v) is 11.7. The van der Waals surface area contributed by atoms with Crippen LogP contribution in [0.15, 0.2) is 48.5 Å². The summed E-state index contributed by atoms with van der Waals surface area (Å²) in [5.41, 5.74) is 2.01. The Morgan fingerprint density at radius 2 is 1.32 bits per heavy atom. The number of phenolic OH excluding ortho intramolecular Hbond substituents is 2. The van der Waals surface area contributed by atoms with Gasteiger partial charge in [-0.25, -0.2) is 0 Å². The van der Waals surface area contributed by atoms with Crippen LogP contribution in [0.3, 0.4) is 0 Å². The van der Waals surface area contributed by atoms with Crippen LogP contribution in [0.1, 0.15) is 30.9 Å². The third-order valence-corrected chi connectivity index (χ3v) is 4.18. The fourth-order valence-corrected chi connectivity index (χ4v) is 2.37. The number of halogens is 1. The highest BCUT2D eigenvalue weighted by atomic mass is 35.5. The first-order chi connectivity index (χ1) is 8.91. The third kappa shape index (κ3) is 2.85. The monoisotopic (exact) mass is 276 g/mol. The first-order valence-electron chi connectivity index (χ1n) is 6.18. The van der Waals surface area contributed by atoms with Gasteiger partial charge in [0.25, 0.3) is 0 Å². The van der Waals surface area contributed by atoms with E-state index < -0.39 is 4.87 Å². The minimum absolute atomic E-state index is 0.0688. The summed E-state index contributed by atoms with van der Waals surface area (Å²) >= 11 is 6.69. The SMILES string of the molecule is CC(c1ccc(O)cc1)C(C)(Cl)c1ccc(O)cc1. The number of phenols is 2. The molecule has 0 saturated heterocycles. The molecule has 2 aromatic rings. The Hall–Kier alpha value is -1.67. The molecule has 0 bridgehead atoms. The van der Waals surface area contributed by atoms with Gasteiger partial charge in [-0.2, -0.15) is 0 Å². The average Bonchev–Trinajstić information content (AvgIpc) is 2.39. The largest absolute Gasteiger partial charge is 0.508 e. The second-order valence-electron chi connectivity index (χ2n) is 4.94. The van der Waals surface area contributed by atoms with Gasteiger partial charge in [-0.1, -0.05) is 31.2 Å². The first-order valence-corrected chi connectivity index (χ1v) is 6.56. The second kappa shape index (κ2) is 5.14. The van der Waals surface area contributed by atoms with E-state index in [4.69, 9.17) is 11.6 Å². The normalized spacial score (nSPS) is 15.7. The van der Waals surface area contributed by atoms with Crippen molar-refractivity contribution in [2.45, 2.75) is 24.6 Å². The minimum Gasteiger partial charge on any atom is -0.508 e. The first kappa shape index (κ1) is 13.8. The van der Waals surface area contributed by atoms with Crippen molar-refractivity contribution in [2.24, 2.45) is 0 Å². The molecule has 3 heteroatoms.